The van der Waals surface area contributed by atoms with Gasteiger partial charge < -0.3 is 15.0 Å². The first-order valence-corrected chi connectivity index (χ1v) is 7.30. The van der Waals surface area contributed by atoms with Gasteiger partial charge in [0.05, 0.1) is 17.0 Å². The van der Waals surface area contributed by atoms with Gasteiger partial charge in [-0.15, -0.1) is 10.2 Å². The van der Waals surface area contributed by atoms with Crippen LogP contribution >= 0.6 is 0 Å². The van der Waals surface area contributed by atoms with Crippen LogP contribution in [0.15, 0.2) is 24.5 Å². The minimum absolute atomic E-state index is 0.325. The van der Waals surface area contributed by atoms with Gasteiger partial charge in [0.25, 0.3) is 0 Å². The Labute approximate surface area is 126 Å². The molecule has 1 fully saturated rings. The third-order valence-corrected chi connectivity index (χ3v) is 4.26. The third-order valence-electron chi connectivity index (χ3n) is 4.26. The van der Waals surface area contributed by atoms with Crippen LogP contribution in [0.3, 0.4) is 0 Å². The number of aromatic nitrogens is 4. The number of carboxylic acid groups (broad SMARTS) is 1. The normalized spacial score (nSPS) is 18.9. The number of fused-ring (bicyclic) bond motifs is 3. The highest BCUT2D eigenvalue weighted by Crippen LogP contribution is 2.32. The van der Waals surface area contributed by atoms with Gasteiger partial charge in [-0.3, -0.25) is 4.79 Å². The topological polar surface area (TPSA) is 95.0 Å². The van der Waals surface area contributed by atoms with Crippen molar-refractivity contribution in [1.82, 2.24) is 20.2 Å². The molecule has 1 atom stereocenters. The van der Waals surface area contributed by atoms with Crippen molar-refractivity contribution in [2.24, 2.45) is 5.92 Å². The summed E-state index contributed by atoms with van der Waals surface area (Å²) < 4.78 is 0. The van der Waals surface area contributed by atoms with Crippen molar-refractivity contribution < 1.29 is 9.90 Å². The molecule has 0 radical (unpaired) electrons. The fraction of sp³-hybridized carbons (Fsp3) is 0.333. The Balaban J connectivity index is 1.87. The van der Waals surface area contributed by atoms with Crippen LogP contribution in [0.1, 0.15) is 12.8 Å². The highest BCUT2D eigenvalue weighted by molar-refractivity contribution is 6.08. The molecule has 7 nitrogen and oxygen atoms in total. The molecule has 3 aromatic rings. The SMILES string of the molecule is O=C(O)C1CCCN(c2ccnc3nnc4[nH]ccc4c23)C1. The number of rotatable bonds is 2. The van der Waals surface area contributed by atoms with E-state index < -0.39 is 5.97 Å². The van der Waals surface area contributed by atoms with Crippen molar-refractivity contribution >= 4 is 33.7 Å². The van der Waals surface area contributed by atoms with Crippen LogP contribution < -0.4 is 4.90 Å². The second-order valence-corrected chi connectivity index (χ2v) is 5.59. The lowest BCUT2D eigenvalue weighted by Gasteiger charge is -2.33. The summed E-state index contributed by atoms with van der Waals surface area (Å²) in [7, 11) is 0. The first kappa shape index (κ1) is 13.0. The maximum atomic E-state index is 11.3. The number of hydrogen-bond donors (Lipinski definition) is 2. The van der Waals surface area contributed by atoms with Crippen LogP contribution in [0.25, 0.3) is 22.1 Å². The molecule has 1 unspecified atom stereocenters. The van der Waals surface area contributed by atoms with Crippen molar-refractivity contribution in [3.63, 3.8) is 0 Å². The minimum atomic E-state index is -0.727. The molecule has 0 aromatic carbocycles. The van der Waals surface area contributed by atoms with Gasteiger partial charge in [-0.25, -0.2) is 4.98 Å². The zero-order valence-electron chi connectivity index (χ0n) is 11.9. The molecule has 4 rings (SSSR count). The molecule has 7 heteroatoms. The van der Waals surface area contributed by atoms with Gasteiger partial charge in [-0.1, -0.05) is 0 Å². The summed E-state index contributed by atoms with van der Waals surface area (Å²) in [6, 6.07) is 3.89. The highest BCUT2D eigenvalue weighted by atomic mass is 16.4. The van der Waals surface area contributed by atoms with E-state index in [0.717, 1.165) is 35.8 Å². The van der Waals surface area contributed by atoms with E-state index in [4.69, 9.17) is 0 Å². The number of pyridine rings is 1. The molecule has 0 amide bonds. The number of hydrogen-bond acceptors (Lipinski definition) is 5. The second-order valence-electron chi connectivity index (χ2n) is 5.59. The monoisotopic (exact) mass is 297 g/mol. The molecule has 112 valence electrons. The Morgan fingerprint density at radius 2 is 2.27 bits per heavy atom. The molecule has 22 heavy (non-hydrogen) atoms. The molecular formula is C15H15N5O2. The zero-order chi connectivity index (χ0) is 15.1. The van der Waals surface area contributed by atoms with E-state index in [0.29, 0.717) is 17.8 Å². The number of H-pyrrole nitrogens is 1. The molecule has 1 aliphatic heterocycles. The predicted octanol–water partition coefficient (Wildman–Crippen LogP) is 1.81. The zero-order valence-corrected chi connectivity index (χ0v) is 11.9. The van der Waals surface area contributed by atoms with Crippen molar-refractivity contribution in [2.75, 3.05) is 18.0 Å². The number of nitrogens with one attached hydrogen (secondary N) is 1. The summed E-state index contributed by atoms with van der Waals surface area (Å²) in [5, 5.41) is 19.5. The van der Waals surface area contributed by atoms with Crippen LogP contribution in [-0.2, 0) is 4.79 Å². The average Bonchev–Trinajstić information content (AvgIpc) is 3.03. The van der Waals surface area contributed by atoms with Gasteiger partial charge >= 0.3 is 5.97 Å². The second kappa shape index (κ2) is 4.94. The Kier molecular flexibility index (Phi) is 2.92. The molecule has 1 aliphatic rings. The molecule has 4 heterocycles. The summed E-state index contributed by atoms with van der Waals surface area (Å²) in [4.78, 5) is 20.8. The summed E-state index contributed by atoms with van der Waals surface area (Å²) in [6.07, 6.45) is 5.13. The number of piperidine rings is 1. The molecule has 0 saturated carbocycles. The number of aliphatic carboxylic acids is 1. The largest absolute Gasteiger partial charge is 0.481 e. The van der Waals surface area contributed by atoms with Crippen LogP contribution in [0.5, 0.6) is 0 Å². The summed E-state index contributed by atoms with van der Waals surface area (Å²) in [6.45, 7) is 1.36. The molecule has 0 bridgehead atoms. The first-order valence-electron chi connectivity index (χ1n) is 7.30. The number of aromatic amines is 1. The van der Waals surface area contributed by atoms with E-state index in [9.17, 15) is 9.90 Å². The van der Waals surface area contributed by atoms with E-state index >= 15 is 0 Å². The number of nitrogens with zero attached hydrogens (tertiary/aromatic N) is 4. The van der Waals surface area contributed by atoms with Crippen molar-refractivity contribution in [3.05, 3.63) is 24.5 Å². The summed E-state index contributed by atoms with van der Waals surface area (Å²) >= 11 is 0. The maximum Gasteiger partial charge on any atom is 0.308 e. The Morgan fingerprint density at radius 1 is 1.36 bits per heavy atom. The quantitative estimate of drug-likeness (QED) is 0.749. The predicted molar refractivity (Wildman–Crippen MR) is 81.8 cm³/mol. The number of carbonyl (C=O) groups is 1. The van der Waals surface area contributed by atoms with E-state index in [2.05, 4.69) is 25.1 Å². The maximum absolute atomic E-state index is 11.3. The van der Waals surface area contributed by atoms with Crippen LogP contribution in [0.2, 0.25) is 0 Å². The van der Waals surface area contributed by atoms with Gasteiger partial charge in [-0.05, 0) is 25.0 Å². The molecular weight excluding hydrogens is 282 g/mol. The summed E-state index contributed by atoms with van der Waals surface area (Å²) in [5.74, 6) is -1.05. The minimum Gasteiger partial charge on any atom is -0.481 e. The average molecular weight is 297 g/mol. The van der Waals surface area contributed by atoms with E-state index in [-0.39, 0.29) is 5.92 Å². The Bertz CT molecular complexity index is 859. The van der Waals surface area contributed by atoms with Gasteiger partial charge in [0.2, 0.25) is 0 Å². The lowest BCUT2D eigenvalue weighted by atomic mass is 9.97. The Hall–Kier alpha value is -2.70. The third kappa shape index (κ3) is 1.97. The molecule has 0 aliphatic carbocycles. The van der Waals surface area contributed by atoms with Crippen LogP contribution in [0, 0.1) is 5.92 Å². The Morgan fingerprint density at radius 3 is 3.14 bits per heavy atom. The fourth-order valence-corrected chi connectivity index (χ4v) is 3.18. The van der Waals surface area contributed by atoms with Crippen LogP contribution in [-0.4, -0.2) is 44.3 Å². The number of anilines is 1. The molecule has 1 saturated heterocycles. The highest BCUT2D eigenvalue weighted by Gasteiger charge is 2.27. The smallest absolute Gasteiger partial charge is 0.308 e. The van der Waals surface area contributed by atoms with Crippen LogP contribution in [0.4, 0.5) is 5.69 Å². The lowest BCUT2D eigenvalue weighted by Crippen LogP contribution is -2.38. The van der Waals surface area contributed by atoms with Gasteiger partial charge in [-0.2, -0.15) is 0 Å². The van der Waals surface area contributed by atoms with Gasteiger partial charge in [0.15, 0.2) is 11.3 Å². The van der Waals surface area contributed by atoms with E-state index in [1.54, 1.807) is 6.20 Å². The molecule has 0 spiro atoms. The van der Waals surface area contributed by atoms with E-state index in [1.807, 2.05) is 18.3 Å². The van der Waals surface area contributed by atoms with Crippen molar-refractivity contribution in [2.45, 2.75) is 12.8 Å². The van der Waals surface area contributed by atoms with E-state index in [1.165, 1.54) is 0 Å². The number of carboxylic acids is 1. The lowest BCUT2D eigenvalue weighted by molar-refractivity contribution is -0.141. The first-order chi connectivity index (χ1) is 10.7. The standard InChI is InChI=1S/C15H15N5O2/c21-15(22)9-2-1-7-20(8-9)11-4-6-17-14-12(11)10-3-5-16-13(10)18-19-14/h3-6,9H,1-2,7-8H2,(H,16,18)(H,21,22). The van der Waals surface area contributed by atoms with Crippen molar-refractivity contribution in [1.29, 1.82) is 0 Å². The molecule has 3 aromatic heterocycles. The van der Waals surface area contributed by atoms with Gasteiger partial charge in [0, 0.05) is 30.9 Å². The summed E-state index contributed by atoms with van der Waals surface area (Å²) in [5.41, 5.74) is 2.28. The van der Waals surface area contributed by atoms with Crippen molar-refractivity contribution in [3.8, 4) is 0 Å². The molecule has 2 N–H and O–H groups in total. The fourth-order valence-electron chi connectivity index (χ4n) is 3.18. The van der Waals surface area contributed by atoms with Gasteiger partial charge in [0.1, 0.15) is 0 Å².